The summed E-state index contributed by atoms with van der Waals surface area (Å²) in [4.78, 5) is 11.3. The topological polar surface area (TPSA) is 80.7 Å². The van der Waals surface area contributed by atoms with Crippen molar-refractivity contribution >= 4 is 15.8 Å². The minimum absolute atomic E-state index is 0.0903. The largest absolute Gasteiger partial charge is 0.489 e. The minimum atomic E-state index is -4.45. The molecule has 0 bridgehead atoms. The van der Waals surface area contributed by atoms with Gasteiger partial charge >= 0.3 is 12.1 Å². The van der Waals surface area contributed by atoms with Crippen LogP contribution in [0.1, 0.15) is 16.7 Å². The van der Waals surface area contributed by atoms with Crippen molar-refractivity contribution in [1.82, 2.24) is 0 Å². The minimum Gasteiger partial charge on any atom is -0.489 e. The first-order chi connectivity index (χ1) is 14.9. The van der Waals surface area contributed by atoms with Crippen LogP contribution in [-0.4, -0.2) is 25.7 Å². The number of benzene rings is 3. The molecule has 0 aliphatic rings. The molecule has 0 aliphatic carbocycles. The number of carboxylic acid groups (broad SMARTS) is 1. The van der Waals surface area contributed by atoms with Crippen molar-refractivity contribution in [2.45, 2.75) is 24.1 Å². The molecule has 5 nitrogen and oxygen atoms in total. The number of carbonyl (C=O) groups is 1. The van der Waals surface area contributed by atoms with Crippen molar-refractivity contribution in [2.24, 2.45) is 0 Å². The highest BCUT2D eigenvalue weighted by Crippen LogP contribution is 2.32. The van der Waals surface area contributed by atoms with Gasteiger partial charge < -0.3 is 9.84 Å². The molecule has 0 atom stereocenters. The molecular formula is C23H19F3O5S. The summed E-state index contributed by atoms with van der Waals surface area (Å²) in [7, 11) is -3.32. The molecule has 3 aromatic rings. The maximum atomic E-state index is 12.8. The highest BCUT2D eigenvalue weighted by Gasteiger charge is 2.30. The third kappa shape index (κ3) is 6.10. The number of carboxylic acids is 1. The van der Waals surface area contributed by atoms with Crippen molar-refractivity contribution in [2.75, 3.05) is 6.26 Å². The van der Waals surface area contributed by atoms with Gasteiger partial charge in [-0.05, 0) is 58.7 Å². The number of ether oxygens (including phenoxy) is 1. The zero-order valence-electron chi connectivity index (χ0n) is 16.9. The van der Waals surface area contributed by atoms with Crippen molar-refractivity contribution in [3.63, 3.8) is 0 Å². The molecule has 0 aliphatic heterocycles. The van der Waals surface area contributed by atoms with Crippen molar-refractivity contribution in [3.8, 4) is 16.9 Å². The second-order valence-corrected chi connectivity index (χ2v) is 9.23. The highest BCUT2D eigenvalue weighted by atomic mass is 32.2. The number of hydrogen-bond acceptors (Lipinski definition) is 4. The van der Waals surface area contributed by atoms with E-state index >= 15 is 0 Å². The standard InChI is InChI=1S/C23H19F3O5S/c1-32(29,30)21-8-2-15(3-9-21)14-31-20-11-16(12-22(27)28)10-18(13-20)17-4-6-19(7-5-17)23(24,25)26/h2-11,13H,12,14H2,1H3,(H,27,28). The molecule has 0 saturated carbocycles. The summed E-state index contributed by atoms with van der Waals surface area (Å²) in [6.07, 6.45) is -3.63. The van der Waals surface area contributed by atoms with Crippen molar-refractivity contribution < 1.29 is 36.2 Å². The second kappa shape index (κ2) is 9.04. The highest BCUT2D eigenvalue weighted by molar-refractivity contribution is 7.90. The Morgan fingerprint density at radius 2 is 1.53 bits per heavy atom. The van der Waals surface area contributed by atoms with Crippen LogP contribution in [-0.2, 0) is 33.8 Å². The maximum Gasteiger partial charge on any atom is 0.416 e. The Morgan fingerprint density at radius 3 is 2.06 bits per heavy atom. The van der Waals surface area contributed by atoms with Crippen LogP contribution >= 0.6 is 0 Å². The fourth-order valence-electron chi connectivity index (χ4n) is 3.04. The van der Waals surface area contributed by atoms with E-state index in [2.05, 4.69) is 0 Å². The van der Waals surface area contributed by atoms with E-state index < -0.39 is 27.5 Å². The van der Waals surface area contributed by atoms with Crippen molar-refractivity contribution in [3.05, 3.63) is 83.4 Å². The van der Waals surface area contributed by atoms with Crippen LogP contribution in [0.15, 0.2) is 71.6 Å². The Bertz CT molecular complexity index is 1220. The summed E-state index contributed by atoms with van der Waals surface area (Å²) in [6, 6.07) is 15.4. The van der Waals surface area contributed by atoms with Crippen LogP contribution < -0.4 is 4.74 Å². The fourth-order valence-corrected chi connectivity index (χ4v) is 3.67. The SMILES string of the molecule is CS(=O)(=O)c1ccc(COc2cc(CC(=O)O)cc(-c3ccc(C(F)(F)F)cc3)c2)cc1. The Labute approximate surface area is 183 Å². The lowest BCUT2D eigenvalue weighted by Gasteiger charge is -2.12. The van der Waals surface area contributed by atoms with Gasteiger partial charge in [0, 0.05) is 6.26 Å². The van der Waals surface area contributed by atoms with Gasteiger partial charge in [-0.3, -0.25) is 4.79 Å². The molecule has 0 aromatic heterocycles. The number of alkyl halides is 3. The first-order valence-corrected chi connectivity index (χ1v) is 11.3. The van der Waals surface area contributed by atoms with Crippen LogP contribution in [0.2, 0.25) is 0 Å². The van der Waals surface area contributed by atoms with Gasteiger partial charge in [0.2, 0.25) is 0 Å². The lowest BCUT2D eigenvalue weighted by molar-refractivity contribution is -0.138. The number of halogens is 3. The lowest BCUT2D eigenvalue weighted by Crippen LogP contribution is -2.04. The molecule has 0 saturated heterocycles. The van der Waals surface area contributed by atoms with Gasteiger partial charge in [-0.2, -0.15) is 13.2 Å². The van der Waals surface area contributed by atoms with Gasteiger partial charge in [0.15, 0.2) is 9.84 Å². The summed E-state index contributed by atoms with van der Waals surface area (Å²) in [5.41, 5.74) is 1.33. The van der Waals surface area contributed by atoms with Crippen LogP contribution in [0.5, 0.6) is 5.75 Å². The summed E-state index contributed by atoms with van der Waals surface area (Å²) in [5, 5.41) is 9.13. The van der Waals surface area contributed by atoms with Crippen LogP contribution in [0.4, 0.5) is 13.2 Å². The predicted octanol–water partition coefficient (Wildman–Crippen LogP) is 4.98. The maximum absolute atomic E-state index is 12.8. The van der Waals surface area contributed by atoms with E-state index in [0.29, 0.717) is 28.0 Å². The molecule has 0 spiro atoms. The Balaban J connectivity index is 1.86. The third-order valence-electron chi connectivity index (χ3n) is 4.62. The smallest absolute Gasteiger partial charge is 0.416 e. The van der Waals surface area contributed by atoms with Crippen LogP contribution in [0.25, 0.3) is 11.1 Å². The summed E-state index contributed by atoms with van der Waals surface area (Å²) >= 11 is 0. The van der Waals surface area contributed by atoms with Crippen LogP contribution in [0.3, 0.4) is 0 Å². The van der Waals surface area contributed by atoms with Gasteiger partial charge in [-0.15, -0.1) is 0 Å². The molecule has 9 heteroatoms. The van der Waals surface area contributed by atoms with Gasteiger partial charge in [0.1, 0.15) is 12.4 Å². The third-order valence-corrected chi connectivity index (χ3v) is 5.75. The number of sulfone groups is 1. The van der Waals surface area contributed by atoms with E-state index in [0.717, 1.165) is 18.4 Å². The lowest BCUT2D eigenvalue weighted by atomic mass is 10.00. The molecule has 0 unspecified atom stereocenters. The van der Waals surface area contributed by atoms with Gasteiger partial charge in [-0.25, -0.2) is 8.42 Å². The Hall–Kier alpha value is -3.33. The first kappa shape index (κ1) is 23.3. The molecular weight excluding hydrogens is 445 g/mol. The Morgan fingerprint density at radius 1 is 0.906 bits per heavy atom. The molecule has 168 valence electrons. The molecule has 32 heavy (non-hydrogen) atoms. The fraction of sp³-hybridized carbons (Fsp3) is 0.174. The molecule has 0 heterocycles. The van der Waals surface area contributed by atoms with Gasteiger partial charge in [-0.1, -0.05) is 30.3 Å². The summed E-state index contributed by atoms with van der Waals surface area (Å²) in [6.45, 7) is 0.0903. The average Bonchev–Trinajstić information content (AvgIpc) is 2.71. The zero-order chi connectivity index (χ0) is 23.5. The zero-order valence-corrected chi connectivity index (χ0v) is 17.7. The van der Waals surface area contributed by atoms with E-state index in [1.54, 1.807) is 30.3 Å². The van der Waals surface area contributed by atoms with E-state index in [4.69, 9.17) is 9.84 Å². The monoisotopic (exact) mass is 464 g/mol. The summed E-state index contributed by atoms with van der Waals surface area (Å²) < 4.78 is 67.3. The Kier molecular flexibility index (Phi) is 6.59. The van der Waals surface area contributed by atoms with E-state index in [-0.39, 0.29) is 17.9 Å². The normalized spacial score (nSPS) is 11.9. The number of aliphatic carboxylic acids is 1. The second-order valence-electron chi connectivity index (χ2n) is 7.22. The number of rotatable bonds is 7. The van der Waals surface area contributed by atoms with E-state index in [9.17, 15) is 26.4 Å². The molecule has 3 rings (SSSR count). The van der Waals surface area contributed by atoms with Crippen molar-refractivity contribution in [1.29, 1.82) is 0 Å². The molecule has 1 N–H and O–H groups in total. The summed E-state index contributed by atoms with van der Waals surface area (Å²) in [5.74, 6) is -0.720. The van der Waals surface area contributed by atoms with E-state index in [1.807, 2.05) is 0 Å². The first-order valence-electron chi connectivity index (χ1n) is 9.37. The molecule has 0 amide bonds. The molecule has 0 radical (unpaired) electrons. The molecule has 0 fully saturated rings. The van der Waals surface area contributed by atoms with Gasteiger partial charge in [0.25, 0.3) is 0 Å². The van der Waals surface area contributed by atoms with Gasteiger partial charge in [0.05, 0.1) is 16.9 Å². The average molecular weight is 464 g/mol. The van der Waals surface area contributed by atoms with E-state index in [1.165, 1.54) is 24.3 Å². The predicted molar refractivity (Wildman–Crippen MR) is 112 cm³/mol. The number of hydrogen-bond donors (Lipinski definition) is 1. The quantitative estimate of drug-likeness (QED) is 0.533. The molecule has 3 aromatic carbocycles. The van der Waals surface area contributed by atoms with Crippen LogP contribution in [0, 0.1) is 0 Å².